The second kappa shape index (κ2) is 9.23. The zero-order valence-corrected chi connectivity index (χ0v) is 18.9. The van der Waals surface area contributed by atoms with E-state index in [2.05, 4.69) is 22.9 Å². The third kappa shape index (κ3) is 4.85. The fraction of sp³-hybridized carbons (Fsp3) is 0.333. The Labute approximate surface area is 196 Å². The number of nitrogens with one attached hydrogen (secondary N) is 3. The number of imide groups is 1. The SMILES string of the molecule is CC1CCC2(CC1)NC(=O)N(CC(=O)Nc1ccccc1C(=O)Nc1ccc(Cl)cc1)C2=O. The summed E-state index contributed by atoms with van der Waals surface area (Å²) in [5, 5.41) is 8.76. The number of benzene rings is 2. The van der Waals surface area contributed by atoms with Crippen LogP contribution >= 0.6 is 11.6 Å². The van der Waals surface area contributed by atoms with E-state index in [0.717, 1.165) is 17.7 Å². The zero-order valence-electron chi connectivity index (χ0n) is 18.2. The summed E-state index contributed by atoms with van der Waals surface area (Å²) in [6.07, 6.45) is 2.85. The first-order chi connectivity index (χ1) is 15.8. The highest BCUT2D eigenvalue weighted by molar-refractivity contribution is 6.30. The number of para-hydroxylation sites is 1. The average Bonchev–Trinajstić information content (AvgIpc) is 3.02. The van der Waals surface area contributed by atoms with E-state index in [4.69, 9.17) is 11.6 Å². The molecule has 172 valence electrons. The van der Waals surface area contributed by atoms with Crippen molar-refractivity contribution in [2.75, 3.05) is 17.2 Å². The third-order valence-electron chi connectivity index (χ3n) is 6.22. The van der Waals surface area contributed by atoms with Crippen molar-refractivity contribution in [1.29, 1.82) is 0 Å². The zero-order chi connectivity index (χ0) is 23.6. The minimum absolute atomic E-state index is 0.246. The number of urea groups is 1. The monoisotopic (exact) mass is 468 g/mol. The van der Waals surface area contributed by atoms with E-state index < -0.39 is 29.9 Å². The minimum atomic E-state index is -0.903. The van der Waals surface area contributed by atoms with E-state index in [1.807, 2.05) is 0 Å². The molecule has 0 bridgehead atoms. The topological polar surface area (TPSA) is 108 Å². The van der Waals surface area contributed by atoms with Gasteiger partial charge in [0.2, 0.25) is 5.91 Å². The predicted octanol–water partition coefficient (Wildman–Crippen LogP) is 4.03. The van der Waals surface area contributed by atoms with Crippen LogP contribution in [0.3, 0.4) is 0 Å². The largest absolute Gasteiger partial charge is 0.325 e. The van der Waals surface area contributed by atoms with Crippen LogP contribution in [0.25, 0.3) is 0 Å². The summed E-state index contributed by atoms with van der Waals surface area (Å²) in [4.78, 5) is 51.9. The second-order valence-corrected chi connectivity index (χ2v) is 9.08. The molecule has 2 aliphatic rings. The molecule has 0 atom stereocenters. The van der Waals surface area contributed by atoms with Gasteiger partial charge in [-0.2, -0.15) is 0 Å². The Bertz CT molecular complexity index is 1090. The smallest absolute Gasteiger partial charge is 0.324 e. The first kappa shape index (κ1) is 22.8. The van der Waals surface area contributed by atoms with E-state index in [1.165, 1.54) is 0 Å². The number of anilines is 2. The Morgan fingerprint density at radius 1 is 1.06 bits per heavy atom. The molecule has 2 aromatic carbocycles. The fourth-order valence-corrected chi connectivity index (χ4v) is 4.39. The van der Waals surface area contributed by atoms with E-state index in [1.54, 1.807) is 48.5 Å². The van der Waals surface area contributed by atoms with Crippen molar-refractivity contribution in [3.8, 4) is 0 Å². The molecule has 0 unspecified atom stereocenters. The Hall–Kier alpha value is -3.39. The molecule has 1 saturated heterocycles. The van der Waals surface area contributed by atoms with Crippen LogP contribution in [-0.4, -0.2) is 40.7 Å². The van der Waals surface area contributed by atoms with Crippen molar-refractivity contribution in [2.24, 2.45) is 5.92 Å². The lowest BCUT2D eigenvalue weighted by Crippen LogP contribution is -2.49. The summed E-state index contributed by atoms with van der Waals surface area (Å²) in [5.41, 5.74) is 0.176. The van der Waals surface area contributed by atoms with Crippen LogP contribution in [0.4, 0.5) is 16.2 Å². The lowest BCUT2D eigenvalue weighted by atomic mass is 9.77. The van der Waals surface area contributed by atoms with Crippen LogP contribution in [0, 0.1) is 5.92 Å². The van der Waals surface area contributed by atoms with Gasteiger partial charge in [0.25, 0.3) is 11.8 Å². The van der Waals surface area contributed by atoms with Gasteiger partial charge in [0.15, 0.2) is 0 Å². The van der Waals surface area contributed by atoms with Crippen LogP contribution < -0.4 is 16.0 Å². The van der Waals surface area contributed by atoms with Crippen molar-refractivity contribution in [3.05, 3.63) is 59.1 Å². The highest BCUT2D eigenvalue weighted by Crippen LogP contribution is 2.36. The first-order valence-corrected chi connectivity index (χ1v) is 11.3. The molecule has 1 saturated carbocycles. The summed E-state index contributed by atoms with van der Waals surface area (Å²) in [6.45, 7) is 1.70. The van der Waals surface area contributed by atoms with Gasteiger partial charge in [-0.1, -0.05) is 30.7 Å². The molecule has 1 aliphatic heterocycles. The van der Waals surface area contributed by atoms with Gasteiger partial charge in [-0.25, -0.2) is 4.79 Å². The van der Waals surface area contributed by atoms with Gasteiger partial charge in [0, 0.05) is 10.7 Å². The summed E-state index contributed by atoms with van der Waals surface area (Å²) in [7, 11) is 0. The lowest BCUT2D eigenvalue weighted by Gasteiger charge is -2.33. The van der Waals surface area contributed by atoms with Gasteiger partial charge in [-0.05, 0) is 68.0 Å². The highest BCUT2D eigenvalue weighted by atomic mass is 35.5. The maximum Gasteiger partial charge on any atom is 0.325 e. The van der Waals surface area contributed by atoms with Crippen LogP contribution in [0.2, 0.25) is 5.02 Å². The van der Waals surface area contributed by atoms with Crippen molar-refractivity contribution in [1.82, 2.24) is 10.2 Å². The predicted molar refractivity (Wildman–Crippen MR) is 125 cm³/mol. The Balaban J connectivity index is 1.43. The Kier molecular flexibility index (Phi) is 6.37. The number of halogens is 1. The first-order valence-electron chi connectivity index (χ1n) is 10.9. The molecule has 1 aliphatic carbocycles. The highest BCUT2D eigenvalue weighted by Gasteiger charge is 2.52. The van der Waals surface area contributed by atoms with Gasteiger partial charge >= 0.3 is 6.03 Å². The van der Waals surface area contributed by atoms with E-state index in [0.29, 0.717) is 29.5 Å². The Morgan fingerprint density at radius 2 is 1.73 bits per heavy atom. The third-order valence-corrected chi connectivity index (χ3v) is 6.48. The van der Waals surface area contributed by atoms with Gasteiger partial charge < -0.3 is 16.0 Å². The molecule has 2 aromatic rings. The van der Waals surface area contributed by atoms with Gasteiger partial charge in [-0.15, -0.1) is 0 Å². The van der Waals surface area contributed by atoms with Crippen molar-refractivity contribution < 1.29 is 19.2 Å². The molecule has 8 nitrogen and oxygen atoms in total. The molecule has 0 radical (unpaired) electrons. The number of carbonyl (C=O) groups is 4. The van der Waals surface area contributed by atoms with E-state index >= 15 is 0 Å². The molecular formula is C24H25ClN4O4. The number of amides is 5. The van der Waals surface area contributed by atoms with Crippen LogP contribution in [-0.2, 0) is 9.59 Å². The summed E-state index contributed by atoms with van der Waals surface area (Å²) in [5.74, 6) is -0.832. The molecule has 1 spiro atoms. The molecule has 33 heavy (non-hydrogen) atoms. The van der Waals surface area contributed by atoms with Gasteiger partial charge in [0.05, 0.1) is 11.3 Å². The average molecular weight is 469 g/mol. The molecular weight excluding hydrogens is 444 g/mol. The number of nitrogens with zero attached hydrogens (tertiary/aromatic N) is 1. The summed E-state index contributed by atoms with van der Waals surface area (Å²) in [6, 6.07) is 12.6. The summed E-state index contributed by atoms with van der Waals surface area (Å²) < 4.78 is 0. The minimum Gasteiger partial charge on any atom is -0.324 e. The second-order valence-electron chi connectivity index (χ2n) is 8.64. The van der Waals surface area contributed by atoms with Crippen LogP contribution in [0.5, 0.6) is 0 Å². The maximum atomic E-state index is 13.0. The van der Waals surface area contributed by atoms with Gasteiger partial charge in [-0.3, -0.25) is 19.3 Å². The molecule has 4 rings (SSSR count). The maximum absolute atomic E-state index is 13.0. The normalized spacial score (nSPS) is 22.2. The van der Waals surface area contributed by atoms with Crippen molar-refractivity contribution in [3.63, 3.8) is 0 Å². The van der Waals surface area contributed by atoms with E-state index in [9.17, 15) is 19.2 Å². The summed E-state index contributed by atoms with van der Waals surface area (Å²) >= 11 is 5.88. The van der Waals surface area contributed by atoms with Crippen molar-refractivity contribution >= 4 is 46.7 Å². The van der Waals surface area contributed by atoms with Gasteiger partial charge in [0.1, 0.15) is 12.1 Å². The number of carbonyl (C=O) groups excluding carboxylic acids is 4. The number of hydrogen-bond donors (Lipinski definition) is 3. The molecule has 9 heteroatoms. The fourth-order valence-electron chi connectivity index (χ4n) is 4.27. The molecule has 5 amide bonds. The van der Waals surface area contributed by atoms with Crippen molar-refractivity contribution in [2.45, 2.75) is 38.1 Å². The van der Waals surface area contributed by atoms with E-state index in [-0.39, 0.29) is 17.2 Å². The Morgan fingerprint density at radius 3 is 2.42 bits per heavy atom. The molecule has 2 fully saturated rings. The number of rotatable bonds is 5. The lowest BCUT2D eigenvalue weighted by molar-refractivity contribution is -0.135. The van der Waals surface area contributed by atoms with Crippen LogP contribution in [0.1, 0.15) is 43.0 Å². The molecule has 1 heterocycles. The van der Waals surface area contributed by atoms with Crippen LogP contribution in [0.15, 0.2) is 48.5 Å². The quantitative estimate of drug-likeness (QED) is 0.575. The molecule has 3 N–H and O–H groups in total. The molecule has 0 aromatic heterocycles. The number of hydrogen-bond acceptors (Lipinski definition) is 4. The standard InChI is InChI=1S/C24H25ClN4O4/c1-15-10-12-24(13-11-15)22(32)29(23(33)28-24)14-20(30)27-19-5-3-2-4-18(19)21(31)26-17-8-6-16(25)7-9-17/h2-9,15H,10-14H2,1H3,(H,26,31)(H,27,30)(H,28,33).